The van der Waals surface area contributed by atoms with Gasteiger partial charge in [0.1, 0.15) is 17.9 Å². The van der Waals surface area contributed by atoms with Crippen LogP contribution in [0.5, 0.6) is 0 Å². The van der Waals surface area contributed by atoms with Crippen molar-refractivity contribution in [1.29, 1.82) is 0 Å². The highest BCUT2D eigenvalue weighted by Gasteiger charge is 2.47. The fraction of sp³-hybridized carbons (Fsp3) is 0.478. The van der Waals surface area contributed by atoms with Gasteiger partial charge < -0.3 is 42.1 Å². The lowest BCUT2D eigenvalue weighted by molar-refractivity contribution is -0.146. The summed E-state index contributed by atoms with van der Waals surface area (Å²) in [6, 6.07) is 14.9. The summed E-state index contributed by atoms with van der Waals surface area (Å²) in [5.74, 6) is -2.87. The second-order valence-corrected chi connectivity index (χ2v) is 18.2. The molecule has 62 heavy (non-hydrogen) atoms. The Labute approximate surface area is 362 Å². The number of fused-ring (bicyclic) bond motifs is 2. The monoisotopic (exact) mass is 853 g/mol. The fourth-order valence-electron chi connectivity index (χ4n) is 8.47. The smallest absolute Gasteiger partial charge is 0.246 e. The Morgan fingerprint density at radius 3 is 2.35 bits per heavy atom. The highest BCUT2D eigenvalue weighted by atomic mass is 19.1. The molecule has 6 rings (SSSR count). The van der Waals surface area contributed by atoms with E-state index in [2.05, 4.69) is 38.4 Å². The van der Waals surface area contributed by atoms with Gasteiger partial charge in [-0.25, -0.2) is 4.39 Å². The molecular formula is C46H60FN9O6. The Morgan fingerprint density at radius 2 is 1.69 bits per heavy atom. The van der Waals surface area contributed by atoms with E-state index in [9.17, 15) is 33.2 Å². The summed E-state index contributed by atoms with van der Waals surface area (Å²) in [5, 5.41) is 14.8. The van der Waals surface area contributed by atoms with Crippen molar-refractivity contribution >= 4 is 46.8 Å². The molecule has 0 aliphatic carbocycles. The molecule has 0 aromatic heterocycles. The van der Waals surface area contributed by atoms with Crippen LogP contribution in [0, 0.1) is 11.2 Å². The van der Waals surface area contributed by atoms with E-state index in [4.69, 9.17) is 5.73 Å². The van der Waals surface area contributed by atoms with E-state index in [0.29, 0.717) is 35.5 Å². The van der Waals surface area contributed by atoms with E-state index in [-0.39, 0.29) is 56.3 Å². The first-order chi connectivity index (χ1) is 29.3. The third-order valence-corrected chi connectivity index (χ3v) is 12.2. The van der Waals surface area contributed by atoms with Gasteiger partial charge in [0.25, 0.3) is 0 Å². The number of piperazine rings is 1. The molecule has 7 N–H and O–H groups in total. The number of nitrogens with zero attached hydrogens (tertiary/aromatic N) is 3. The van der Waals surface area contributed by atoms with E-state index in [1.165, 1.54) is 17.0 Å². The number of rotatable bonds is 13. The van der Waals surface area contributed by atoms with Gasteiger partial charge in [0.2, 0.25) is 35.4 Å². The van der Waals surface area contributed by atoms with Crippen LogP contribution in [0.25, 0.3) is 0 Å². The van der Waals surface area contributed by atoms with E-state index in [1.807, 2.05) is 39.0 Å². The van der Waals surface area contributed by atoms with Crippen molar-refractivity contribution in [3.63, 3.8) is 0 Å². The maximum Gasteiger partial charge on any atom is 0.246 e. The van der Waals surface area contributed by atoms with Gasteiger partial charge in [0.15, 0.2) is 0 Å². The molecule has 1 fully saturated rings. The number of primary amides is 1. The Hall–Kier alpha value is -5.71. The largest absolute Gasteiger partial charge is 0.368 e. The molecule has 3 aliphatic heterocycles. The zero-order chi connectivity index (χ0) is 45.1. The third kappa shape index (κ3) is 10.3. The lowest BCUT2D eigenvalue weighted by atomic mass is 9.83. The second-order valence-electron chi connectivity index (χ2n) is 18.2. The standard InChI is InChI=1S/C46H60FN9O6/c1-27-23-54(17-16-50-27)25-39(58)56-26-46(6,35-15-10-30(19-36(35)56)18-29-8-12-33(47)13-9-29)44(62)51-22-38(57)52-34-14-11-31-21-37(41(48)59)55(24-32(31)20-34)43(61)40(45(3,4)5)53-42(60)28(2)49-7/h8-15,19-20,27-28,37,40,49-50H,16-18,21-26H2,1-7H3,(H2,48,59)(H,51,62)(H,52,57)(H,53,60)/t27-,28+,37+,40?,46?/m1/s1. The lowest BCUT2D eigenvalue weighted by Gasteiger charge is -2.40. The molecular weight excluding hydrogens is 794 g/mol. The van der Waals surface area contributed by atoms with E-state index in [0.717, 1.165) is 29.8 Å². The number of carbonyl (C=O) groups excluding carboxylic acids is 6. The van der Waals surface area contributed by atoms with Gasteiger partial charge in [-0.3, -0.25) is 33.7 Å². The number of halogens is 1. The molecule has 0 saturated carbocycles. The lowest BCUT2D eigenvalue weighted by Crippen LogP contribution is -2.61. The first kappa shape index (κ1) is 45.8. The number of nitrogens with one attached hydrogen (secondary N) is 5. The Bertz CT molecular complexity index is 2210. The molecule has 3 aromatic rings. The maximum absolute atomic E-state index is 14.1. The third-order valence-electron chi connectivity index (χ3n) is 12.2. The average Bonchev–Trinajstić information content (AvgIpc) is 3.53. The highest BCUT2D eigenvalue weighted by Crippen LogP contribution is 2.42. The quantitative estimate of drug-likeness (QED) is 0.149. The van der Waals surface area contributed by atoms with E-state index >= 15 is 0 Å². The zero-order valence-electron chi connectivity index (χ0n) is 36.7. The van der Waals surface area contributed by atoms with Gasteiger partial charge in [-0.15, -0.1) is 0 Å². The van der Waals surface area contributed by atoms with Gasteiger partial charge in [-0.1, -0.05) is 51.1 Å². The van der Waals surface area contributed by atoms with Gasteiger partial charge in [0, 0.05) is 56.6 Å². The summed E-state index contributed by atoms with van der Waals surface area (Å²) in [4.78, 5) is 86.4. The molecule has 5 atom stereocenters. The molecule has 3 aliphatic rings. The van der Waals surface area contributed by atoms with Crippen LogP contribution in [-0.2, 0) is 53.6 Å². The van der Waals surface area contributed by atoms with Crippen molar-refractivity contribution in [3.05, 3.63) is 94.3 Å². The number of nitrogens with two attached hydrogens (primary N) is 1. The predicted octanol–water partition coefficient (Wildman–Crippen LogP) is 1.95. The van der Waals surface area contributed by atoms with Crippen molar-refractivity contribution in [2.75, 3.05) is 56.5 Å². The minimum Gasteiger partial charge on any atom is -0.368 e. The number of amides is 6. The first-order valence-corrected chi connectivity index (χ1v) is 21.2. The van der Waals surface area contributed by atoms with Crippen molar-refractivity contribution in [3.8, 4) is 0 Å². The van der Waals surface area contributed by atoms with Gasteiger partial charge in [-0.2, -0.15) is 0 Å². The Kier molecular flexibility index (Phi) is 13.8. The van der Waals surface area contributed by atoms with Crippen molar-refractivity contribution < 1.29 is 33.2 Å². The van der Waals surface area contributed by atoms with Gasteiger partial charge >= 0.3 is 0 Å². The highest BCUT2D eigenvalue weighted by molar-refractivity contribution is 6.04. The minimum atomic E-state index is -1.18. The summed E-state index contributed by atoms with van der Waals surface area (Å²) in [7, 11) is 1.64. The van der Waals surface area contributed by atoms with Gasteiger partial charge in [0.05, 0.1) is 24.5 Å². The summed E-state index contributed by atoms with van der Waals surface area (Å²) in [6.07, 6.45) is 0.656. The summed E-state index contributed by atoms with van der Waals surface area (Å²) in [6.45, 7) is 13.1. The first-order valence-electron chi connectivity index (χ1n) is 21.2. The van der Waals surface area contributed by atoms with Crippen LogP contribution in [-0.4, -0.2) is 116 Å². The van der Waals surface area contributed by atoms with Crippen LogP contribution >= 0.6 is 0 Å². The van der Waals surface area contributed by atoms with Gasteiger partial charge in [-0.05, 0) is 97.8 Å². The number of benzene rings is 3. The SMILES string of the molecule is CN[C@@H](C)C(=O)NC(C(=O)N1Cc2cc(NC(=O)CNC(=O)C3(C)CN(C(=O)CN4CCN[C@H](C)C4)c4cc(Cc5ccc(F)cc5)ccc43)ccc2C[C@H]1C(N)=O)C(C)(C)C. The Morgan fingerprint density at radius 1 is 0.984 bits per heavy atom. The van der Waals surface area contributed by atoms with E-state index in [1.54, 1.807) is 56.1 Å². The molecule has 332 valence electrons. The number of anilines is 2. The van der Waals surface area contributed by atoms with E-state index < -0.39 is 52.6 Å². The van der Waals surface area contributed by atoms with Crippen LogP contribution in [0.1, 0.15) is 69.4 Å². The van der Waals surface area contributed by atoms with Crippen molar-refractivity contribution in [2.45, 2.75) is 90.5 Å². The molecule has 6 amide bonds. The van der Waals surface area contributed by atoms with Crippen LogP contribution in [0.4, 0.5) is 15.8 Å². The second kappa shape index (κ2) is 18.7. The zero-order valence-corrected chi connectivity index (χ0v) is 36.7. The summed E-state index contributed by atoms with van der Waals surface area (Å²) in [5.41, 5.74) is 8.91. The van der Waals surface area contributed by atoms with Crippen LogP contribution in [0.3, 0.4) is 0 Å². The normalized spacial score (nSPS) is 21.0. The van der Waals surface area contributed by atoms with Crippen molar-refractivity contribution in [2.24, 2.45) is 11.1 Å². The summed E-state index contributed by atoms with van der Waals surface area (Å²) >= 11 is 0. The number of hydrogen-bond acceptors (Lipinski definition) is 9. The molecule has 1 saturated heterocycles. The van der Waals surface area contributed by atoms with Crippen LogP contribution in [0.15, 0.2) is 60.7 Å². The molecule has 2 unspecified atom stereocenters. The number of hydrogen-bond donors (Lipinski definition) is 6. The minimum absolute atomic E-state index is 0.0124. The summed E-state index contributed by atoms with van der Waals surface area (Å²) < 4.78 is 13.6. The molecule has 3 aromatic carbocycles. The number of likely N-dealkylation sites (N-methyl/N-ethyl adjacent to an activating group) is 1. The Balaban J connectivity index is 1.16. The maximum atomic E-state index is 14.1. The fourth-order valence-corrected chi connectivity index (χ4v) is 8.47. The predicted molar refractivity (Wildman–Crippen MR) is 234 cm³/mol. The molecule has 0 radical (unpaired) electrons. The van der Waals surface area contributed by atoms with Crippen LogP contribution < -0.4 is 37.2 Å². The van der Waals surface area contributed by atoms with Crippen LogP contribution in [0.2, 0.25) is 0 Å². The molecule has 15 nitrogen and oxygen atoms in total. The molecule has 16 heteroatoms. The average molecular weight is 854 g/mol. The molecule has 3 heterocycles. The van der Waals surface area contributed by atoms with Crippen molar-refractivity contribution in [1.82, 2.24) is 31.1 Å². The topological polar surface area (TPSA) is 198 Å². The number of carbonyl (C=O) groups is 6. The molecule has 0 bridgehead atoms. The molecule has 0 spiro atoms.